The molecule has 0 spiro atoms. The minimum absolute atomic E-state index is 0.0519. The summed E-state index contributed by atoms with van der Waals surface area (Å²) < 4.78 is 0. The van der Waals surface area contributed by atoms with E-state index in [1.54, 1.807) is 24.3 Å². The van der Waals surface area contributed by atoms with Crippen molar-refractivity contribution in [3.63, 3.8) is 0 Å². The zero-order chi connectivity index (χ0) is 16.6. The molecular weight excluding hydrogens is 294 g/mol. The van der Waals surface area contributed by atoms with Crippen molar-refractivity contribution in [3.05, 3.63) is 70.1 Å². The fraction of sp³-hybridized carbons (Fsp3) is 0.0588. The summed E-state index contributed by atoms with van der Waals surface area (Å²) in [5, 5.41) is 2.18. The van der Waals surface area contributed by atoms with Gasteiger partial charge in [-0.1, -0.05) is 24.3 Å². The molecule has 0 fully saturated rings. The zero-order valence-electron chi connectivity index (χ0n) is 11.9. The number of nitrogens with one attached hydrogen (secondary N) is 1. The predicted molar refractivity (Wildman–Crippen MR) is 83.4 cm³/mol. The van der Waals surface area contributed by atoms with E-state index in [9.17, 15) is 14.4 Å². The lowest BCUT2D eigenvalue weighted by Crippen LogP contribution is -2.20. The van der Waals surface area contributed by atoms with Crippen LogP contribution in [0.3, 0.4) is 0 Å². The van der Waals surface area contributed by atoms with Crippen molar-refractivity contribution in [1.82, 2.24) is 5.32 Å². The first-order valence-electron chi connectivity index (χ1n) is 6.78. The summed E-state index contributed by atoms with van der Waals surface area (Å²) in [7, 11) is 0. The highest BCUT2D eigenvalue weighted by molar-refractivity contribution is 6.23. The second-order valence-electron chi connectivity index (χ2n) is 5.15. The highest BCUT2D eigenvalue weighted by atomic mass is 16.2. The summed E-state index contributed by atoms with van der Waals surface area (Å²) in [6.07, 6.45) is 0.0519. The summed E-state index contributed by atoms with van der Waals surface area (Å²) in [5.41, 5.74) is 7.84. The van der Waals surface area contributed by atoms with Crippen molar-refractivity contribution in [2.75, 3.05) is 5.73 Å². The maximum absolute atomic E-state index is 12.3. The van der Waals surface area contributed by atoms with Gasteiger partial charge in [-0.3, -0.25) is 19.7 Å². The molecule has 3 rings (SSSR count). The standard InChI is InChI=1S/C17H11N3O3/c1-19-11-4-2-10(3-5-11)14(21)8-9-6-12-15(13(18)7-9)17(23)20-16(12)22/h2-7H,8,18H2,(H,20,22,23). The zero-order valence-corrected chi connectivity index (χ0v) is 11.9. The SMILES string of the molecule is [C-]#[N+]c1ccc(C(=O)Cc2cc(N)c3c(c2)C(=O)NC3=O)cc1. The van der Waals surface area contributed by atoms with Gasteiger partial charge in [0.2, 0.25) is 0 Å². The maximum Gasteiger partial charge on any atom is 0.261 e. The lowest BCUT2D eigenvalue weighted by molar-refractivity contribution is 0.0878. The number of nitrogen functional groups attached to an aromatic ring is 1. The number of nitrogens with zero attached hydrogens (tertiary/aromatic N) is 1. The third-order valence-corrected chi connectivity index (χ3v) is 3.61. The lowest BCUT2D eigenvalue weighted by Gasteiger charge is -2.06. The van der Waals surface area contributed by atoms with Gasteiger partial charge in [-0.15, -0.1) is 0 Å². The molecule has 0 aliphatic carbocycles. The molecule has 6 nitrogen and oxygen atoms in total. The molecule has 2 aromatic carbocycles. The number of carbonyl (C=O) groups excluding carboxylic acids is 3. The Bertz CT molecular complexity index is 893. The van der Waals surface area contributed by atoms with Crippen LogP contribution >= 0.6 is 0 Å². The van der Waals surface area contributed by atoms with Crippen molar-refractivity contribution >= 4 is 29.0 Å². The molecule has 0 radical (unpaired) electrons. The van der Waals surface area contributed by atoms with E-state index in [1.807, 2.05) is 0 Å². The number of amides is 2. The topological polar surface area (TPSA) is 93.6 Å². The van der Waals surface area contributed by atoms with Crippen LogP contribution in [-0.2, 0) is 6.42 Å². The first-order valence-corrected chi connectivity index (χ1v) is 6.78. The Morgan fingerprint density at radius 2 is 1.83 bits per heavy atom. The average molecular weight is 305 g/mol. The number of ketones is 1. The Labute approximate surface area is 131 Å². The number of fused-ring (bicyclic) bond motifs is 1. The summed E-state index contributed by atoms with van der Waals surface area (Å²) in [6.45, 7) is 6.89. The average Bonchev–Trinajstić information content (AvgIpc) is 2.82. The number of benzene rings is 2. The van der Waals surface area contributed by atoms with Crippen molar-refractivity contribution in [2.24, 2.45) is 0 Å². The minimum Gasteiger partial charge on any atom is -0.398 e. The van der Waals surface area contributed by atoms with Crippen LogP contribution < -0.4 is 11.1 Å². The van der Waals surface area contributed by atoms with Gasteiger partial charge in [0.25, 0.3) is 11.8 Å². The van der Waals surface area contributed by atoms with Gasteiger partial charge in [0.05, 0.1) is 17.7 Å². The number of carbonyl (C=O) groups is 3. The van der Waals surface area contributed by atoms with Gasteiger partial charge < -0.3 is 5.73 Å². The van der Waals surface area contributed by atoms with E-state index in [4.69, 9.17) is 12.3 Å². The molecule has 0 saturated carbocycles. The van der Waals surface area contributed by atoms with E-state index >= 15 is 0 Å². The van der Waals surface area contributed by atoms with Crippen molar-refractivity contribution in [1.29, 1.82) is 0 Å². The van der Waals surface area contributed by atoms with Crippen LogP contribution in [0, 0.1) is 6.57 Å². The number of imide groups is 1. The number of hydrogen-bond donors (Lipinski definition) is 2. The quantitative estimate of drug-likeness (QED) is 0.393. The Balaban J connectivity index is 1.89. The molecule has 2 amide bonds. The van der Waals surface area contributed by atoms with Crippen molar-refractivity contribution in [3.8, 4) is 0 Å². The van der Waals surface area contributed by atoms with Gasteiger partial charge in [-0.05, 0) is 17.7 Å². The molecule has 0 saturated heterocycles. The molecule has 112 valence electrons. The fourth-order valence-corrected chi connectivity index (χ4v) is 2.50. The summed E-state index contributed by atoms with van der Waals surface area (Å²) >= 11 is 0. The number of rotatable bonds is 3. The third-order valence-electron chi connectivity index (χ3n) is 3.61. The van der Waals surface area contributed by atoms with Crippen molar-refractivity contribution in [2.45, 2.75) is 6.42 Å². The second-order valence-corrected chi connectivity index (χ2v) is 5.15. The molecule has 0 unspecified atom stereocenters. The normalized spacial score (nSPS) is 12.5. The van der Waals surface area contributed by atoms with Crippen LogP contribution in [0.4, 0.5) is 11.4 Å². The molecule has 0 aromatic heterocycles. The number of anilines is 1. The smallest absolute Gasteiger partial charge is 0.261 e. The van der Waals surface area contributed by atoms with Crippen LogP contribution in [0.2, 0.25) is 0 Å². The van der Waals surface area contributed by atoms with Gasteiger partial charge in [-0.25, -0.2) is 4.85 Å². The van der Waals surface area contributed by atoms with Gasteiger partial charge in [0, 0.05) is 17.7 Å². The molecule has 1 heterocycles. The summed E-state index contributed by atoms with van der Waals surface area (Å²) in [6, 6.07) is 9.36. The molecule has 3 N–H and O–H groups in total. The molecular formula is C17H11N3O3. The molecule has 2 aromatic rings. The fourth-order valence-electron chi connectivity index (χ4n) is 2.50. The third kappa shape index (κ3) is 2.56. The highest BCUT2D eigenvalue weighted by Crippen LogP contribution is 2.25. The Kier molecular flexibility index (Phi) is 3.39. The Hall–Kier alpha value is -3.46. The van der Waals surface area contributed by atoms with Crippen molar-refractivity contribution < 1.29 is 14.4 Å². The maximum atomic E-state index is 12.3. The van der Waals surface area contributed by atoms with E-state index in [-0.39, 0.29) is 29.0 Å². The number of Topliss-reactive ketones (excluding diaryl/α,β-unsaturated/α-hetero) is 1. The molecule has 1 aliphatic heterocycles. The largest absolute Gasteiger partial charge is 0.398 e. The Morgan fingerprint density at radius 3 is 2.48 bits per heavy atom. The van der Waals surface area contributed by atoms with E-state index in [0.29, 0.717) is 16.8 Å². The van der Waals surface area contributed by atoms with Gasteiger partial charge in [0.1, 0.15) is 0 Å². The molecule has 6 heteroatoms. The van der Waals surface area contributed by atoms with E-state index < -0.39 is 11.8 Å². The first kappa shape index (κ1) is 14.5. The van der Waals surface area contributed by atoms with E-state index in [1.165, 1.54) is 12.1 Å². The lowest BCUT2D eigenvalue weighted by atomic mass is 9.98. The van der Waals surface area contributed by atoms with Crippen LogP contribution in [0.5, 0.6) is 0 Å². The van der Waals surface area contributed by atoms with Gasteiger partial charge >= 0.3 is 0 Å². The number of hydrogen-bond acceptors (Lipinski definition) is 4. The molecule has 23 heavy (non-hydrogen) atoms. The summed E-state index contributed by atoms with van der Waals surface area (Å²) in [5.74, 6) is -1.19. The first-order chi connectivity index (χ1) is 11.0. The number of nitrogens with two attached hydrogens (primary N) is 1. The molecule has 1 aliphatic rings. The van der Waals surface area contributed by atoms with Crippen LogP contribution in [-0.4, -0.2) is 17.6 Å². The highest BCUT2D eigenvalue weighted by Gasteiger charge is 2.29. The minimum atomic E-state index is -0.518. The molecule has 0 bridgehead atoms. The Morgan fingerprint density at radius 1 is 1.13 bits per heavy atom. The summed E-state index contributed by atoms with van der Waals surface area (Å²) in [4.78, 5) is 38.9. The molecule has 0 atom stereocenters. The van der Waals surface area contributed by atoms with E-state index in [0.717, 1.165) is 0 Å². The predicted octanol–water partition coefficient (Wildman–Crippen LogP) is 2.13. The van der Waals surface area contributed by atoms with Crippen LogP contribution in [0.25, 0.3) is 4.85 Å². The van der Waals surface area contributed by atoms with E-state index in [2.05, 4.69) is 10.2 Å². The van der Waals surface area contributed by atoms with Gasteiger partial charge in [-0.2, -0.15) is 0 Å². The second kappa shape index (κ2) is 5.39. The van der Waals surface area contributed by atoms with Crippen LogP contribution in [0.15, 0.2) is 36.4 Å². The monoisotopic (exact) mass is 305 g/mol. The van der Waals surface area contributed by atoms with Gasteiger partial charge in [0.15, 0.2) is 11.5 Å². The van der Waals surface area contributed by atoms with Crippen LogP contribution in [0.1, 0.15) is 36.6 Å².